The van der Waals surface area contributed by atoms with Gasteiger partial charge in [-0.1, -0.05) is 53.5 Å². The average Bonchev–Trinajstić information content (AvgIpc) is 2.54. The predicted molar refractivity (Wildman–Crippen MR) is 85.2 cm³/mol. The summed E-state index contributed by atoms with van der Waals surface area (Å²) in [6.45, 7) is 0. The van der Waals surface area contributed by atoms with E-state index in [1.54, 1.807) is 61.7 Å². The van der Waals surface area contributed by atoms with Crippen molar-refractivity contribution in [1.29, 1.82) is 0 Å². The Morgan fingerprint density at radius 3 is 2.19 bits per heavy atom. The van der Waals surface area contributed by atoms with Gasteiger partial charge in [0.15, 0.2) is 0 Å². The Morgan fingerprint density at radius 2 is 1.67 bits per heavy atom. The maximum Gasteiger partial charge on any atom is 0.225 e. The smallest absolute Gasteiger partial charge is 0.225 e. The summed E-state index contributed by atoms with van der Waals surface area (Å²) >= 11 is 12.3. The van der Waals surface area contributed by atoms with Crippen molar-refractivity contribution in [3.63, 3.8) is 0 Å². The van der Waals surface area contributed by atoms with E-state index in [0.29, 0.717) is 16.2 Å². The Morgan fingerprint density at radius 1 is 1.10 bits per heavy atom. The van der Waals surface area contributed by atoms with Crippen LogP contribution in [0.25, 0.3) is 0 Å². The molecule has 3 nitrogen and oxygen atoms in total. The SMILES string of the molecule is COc1ccc(C(O)C(Cl)(Cl)S(=O)c2ccccc2)cc1. The topological polar surface area (TPSA) is 46.5 Å². The standard InChI is InChI=1S/C15H14Cl2O3S/c1-20-12-9-7-11(8-10-12)14(18)15(16,17)21(19)13-5-3-2-4-6-13/h2-10,14,18H,1H3. The van der Waals surface area contributed by atoms with Crippen LogP contribution in [0.15, 0.2) is 59.5 Å². The summed E-state index contributed by atoms with van der Waals surface area (Å²) in [6, 6.07) is 15.2. The van der Waals surface area contributed by atoms with Crippen molar-refractivity contribution < 1.29 is 14.1 Å². The second-order valence-corrected chi connectivity index (χ2v) is 7.81. The number of alkyl halides is 2. The van der Waals surface area contributed by atoms with E-state index in [4.69, 9.17) is 27.9 Å². The number of hydrogen-bond acceptors (Lipinski definition) is 3. The van der Waals surface area contributed by atoms with Gasteiger partial charge in [-0.3, -0.25) is 4.21 Å². The average molecular weight is 345 g/mol. The predicted octanol–water partition coefficient (Wildman–Crippen LogP) is 3.67. The largest absolute Gasteiger partial charge is 0.497 e. The summed E-state index contributed by atoms with van der Waals surface area (Å²) in [6.07, 6.45) is -1.30. The van der Waals surface area contributed by atoms with Crippen LogP contribution < -0.4 is 4.74 Å². The van der Waals surface area contributed by atoms with Gasteiger partial charge in [-0.05, 0) is 29.8 Å². The molecule has 0 saturated heterocycles. The first-order valence-corrected chi connectivity index (χ1v) is 8.04. The van der Waals surface area contributed by atoms with E-state index in [9.17, 15) is 9.32 Å². The summed E-state index contributed by atoms with van der Waals surface area (Å²) in [5, 5.41) is 10.3. The van der Waals surface area contributed by atoms with Crippen molar-refractivity contribution in [2.24, 2.45) is 0 Å². The highest BCUT2D eigenvalue weighted by Gasteiger charge is 2.41. The molecule has 0 radical (unpaired) electrons. The molecule has 0 saturated carbocycles. The normalized spacial score (nSPS) is 14.5. The van der Waals surface area contributed by atoms with Crippen LogP contribution in [-0.2, 0) is 10.8 Å². The van der Waals surface area contributed by atoms with Gasteiger partial charge >= 0.3 is 0 Å². The third-order valence-corrected chi connectivity index (χ3v) is 5.63. The zero-order valence-corrected chi connectivity index (χ0v) is 13.5. The van der Waals surface area contributed by atoms with Gasteiger partial charge < -0.3 is 9.84 Å². The van der Waals surface area contributed by atoms with Gasteiger partial charge in [0, 0.05) is 4.90 Å². The van der Waals surface area contributed by atoms with Crippen LogP contribution in [0.5, 0.6) is 5.75 Å². The molecule has 0 heterocycles. The number of ether oxygens (including phenoxy) is 1. The van der Waals surface area contributed by atoms with Crippen LogP contribution in [0.1, 0.15) is 11.7 Å². The van der Waals surface area contributed by atoms with Gasteiger partial charge in [0.05, 0.1) is 17.9 Å². The molecular formula is C15H14Cl2O3S. The van der Waals surface area contributed by atoms with Gasteiger partial charge in [0.25, 0.3) is 0 Å². The maximum atomic E-state index is 12.5. The van der Waals surface area contributed by atoms with Crippen molar-refractivity contribution in [3.05, 3.63) is 60.2 Å². The molecule has 0 bridgehead atoms. The van der Waals surface area contributed by atoms with Gasteiger partial charge in [0.1, 0.15) is 11.9 Å². The minimum Gasteiger partial charge on any atom is -0.497 e. The number of hydrogen-bond donors (Lipinski definition) is 1. The number of rotatable bonds is 5. The van der Waals surface area contributed by atoms with E-state index in [-0.39, 0.29) is 0 Å². The molecule has 2 atom stereocenters. The molecule has 2 unspecified atom stereocenters. The molecule has 0 spiro atoms. The first kappa shape index (κ1) is 16.3. The third kappa shape index (κ3) is 3.58. The summed E-state index contributed by atoms with van der Waals surface area (Å²) in [4.78, 5) is 0.454. The van der Waals surface area contributed by atoms with E-state index >= 15 is 0 Å². The number of aliphatic hydroxyl groups excluding tert-OH is 1. The number of halogens is 2. The number of benzene rings is 2. The molecule has 2 rings (SSSR count). The van der Waals surface area contributed by atoms with Crippen LogP contribution in [0, 0.1) is 0 Å². The minimum absolute atomic E-state index is 0.454. The van der Waals surface area contributed by atoms with Crippen LogP contribution in [0.2, 0.25) is 0 Å². The molecular weight excluding hydrogens is 331 g/mol. The number of methoxy groups -OCH3 is 1. The summed E-state index contributed by atoms with van der Waals surface area (Å²) in [7, 11) is -0.237. The highest BCUT2D eigenvalue weighted by molar-refractivity contribution is 7.89. The van der Waals surface area contributed by atoms with Crippen molar-refractivity contribution in [2.45, 2.75) is 14.7 Å². The zero-order chi connectivity index (χ0) is 15.5. The highest BCUT2D eigenvalue weighted by Crippen LogP contribution is 2.41. The number of aliphatic hydroxyl groups is 1. The molecule has 6 heteroatoms. The van der Waals surface area contributed by atoms with E-state index in [1.165, 1.54) is 0 Å². The Balaban J connectivity index is 2.27. The van der Waals surface area contributed by atoms with Crippen molar-refractivity contribution in [2.75, 3.05) is 7.11 Å². The second-order valence-electron chi connectivity index (χ2n) is 4.32. The minimum atomic E-state index is -1.85. The Kier molecular flexibility index (Phi) is 5.27. The lowest BCUT2D eigenvalue weighted by atomic mass is 10.1. The molecule has 0 fully saturated rings. The molecule has 0 aromatic heterocycles. The van der Waals surface area contributed by atoms with Gasteiger partial charge in [-0.2, -0.15) is 0 Å². The monoisotopic (exact) mass is 344 g/mol. The Labute approximate surface area is 135 Å². The van der Waals surface area contributed by atoms with Crippen molar-refractivity contribution >= 4 is 34.0 Å². The van der Waals surface area contributed by atoms with Gasteiger partial charge in [-0.15, -0.1) is 0 Å². The Hall–Kier alpha value is -1.07. The summed E-state index contributed by atoms with van der Waals surface area (Å²) < 4.78 is 15.7. The van der Waals surface area contributed by atoms with Gasteiger partial charge in [-0.25, -0.2) is 0 Å². The third-order valence-electron chi connectivity index (χ3n) is 2.95. The molecule has 1 N–H and O–H groups in total. The lowest BCUT2D eigenvalue weighted by molar-refractivity contribution is 0.183. The fraction of sp³-hybridized carbons (Fsp3) is 0.200. The summed E-state index contributed by atoms with van der Waals surface area (Å²) in [5.74, 6) is 0.643. The molecule has 0 amide bonds. The molecule has 0 aliphatic heterocycles. The van der Waals surface area contributed by atoms with Crippen LogP contribution in [0.4, 0.5) is 0 Å². The summed E-state index contributed by atoms with van der Waals surface area (Å²) in [5.41, 5.74) is 0.463. The van der Waals surface area contributed by atoms with E-state index < -0.39 is 20.6 Å². The van der Waals surface area contributed by atoms with Crippen molar-refractivity contribution in [3.8, 4) is 5.75 Å². The second kappa shape index (κ2) is 6.79. The molecule has 112 valence electrons. The van der Waals surface area contributed by atoms with Crippen LogP contribution >= 0.6 is 23.2 Å². The lowest BCUT2D eigenvalue weighted by Gasteiger charge is -2.25. The molecule has 0 aliphatic rings. The molecule has 21 heavy (non-hydrogen) atoms. The fourth-order valence-corrected chi connectivity index (χ4v) is 3.63. The van der Waals surface area contributed by atoms with Crippen LogP contribution in [0.3, 0.4) is 0 Å². The van der Waals surface area contributed by atoms with E-state index in [2.05, 4.69) is 0 Å². The quantitative estimate of drug-likeness (QED) is 0.841. The molecule has 2 aromatic rings. The van der Waals surface area contributed by atoms with Crippen molar-refractivity contribution in [1.82, 2.24) is 0 Å². The van der Waals surface area contributed by atoms with Gasteiger partial charge in [0.2, 0.25) is 3.67 Å². The first-order chi connectivity index (χ1) is 9.96. The zero-order valence-electron chi connectivity index (χ0n) is 11.2. The fourth-order valence-electron chi connectivity index (χ4n) is 1.78. The van der Waals surface area contributed by atoms with E-state index in [0.717, 1.165) is 0 Å². The van der Waals surface area contributed by atoms with Crippen LogP contribution in [-0.4, -0.2) is 20.1 Å². The van der Waals surface area contributed by atoms with E-state index in [1.807, 2.05) is 0 Å². The maximum absolute atomic E-state index is 12.5. The molecule has 0 aliphatic carbocycles. The lowest BCUT2D eigenvalue weighted by Crippen LogP contribution is -2.29. The Bertz CT molecular complexity index is 615. The first-order valence-electron chi connectivity index (χ1n) is 6.13. The highest BCUT2D eigenvalue weighted by atomic mass is 35.5. The molecule has 2 aromatic carbocycles.